The van der Waals surface area contributed by atoms with Crippen LogP contribution in [-0.2, 0) is 14.3 Å². The van der Waals surface area contributed by atoms with E-state index in [9.17, 15) is 9.59 Å². The van der Waals surface area contributed by atoms with Gasteiger partial charge in [-0.2, -0.15) is 0 Å². The van der Waals surface area contributed by atoms with E-state index in [2.05, 4.69) is 0 Å². The Morgan fingerprint density at radius 3 is 2.19 bits per heavy atom. The lowest BCUT2D eigenvalue weighted by Gasteiger charge is -2.32. The molecule has 2 aromatic rings. The molecule has 0 aliphatic heterocycles. The van der Waals surface area contributed by atoms with E-state index in [0.717, 1.165) is 5.56 Å². The third kappa shape index (κ3) is 6.41. The van der Waals surface area contributed by atoms with Gasteiger partial charge in [0.1, 0.15) is 12.7 Å². The fourth-order valence-electron chi connectivity index (χ4n) is 2.71. The molecule has 1 unspecified atom stereocenters. The Balaban J connectivity index is 1.92. The van der Waals surface area contributed by atoms with Gasteiger partial charge in [0.25, 0.3) is 0 Å². The van der Waals surface area contributed by atoms with Crippen molar-refractivity contribution in [2.24, 2.45) is 5.41 Å². The summed E-state index contributed by atoms with van der Waals surface area (Å²) in [6.45, 7) is 5.95. The van der Waals surface area contributed by atoms with Crippen molar-refractivity contribution in [1.29, 1.82) is 0 Å². The zero-order valence-electron chi connectivity index (χ0n) is 16.1. The Labute approximate surface area is 160 Å². The molecule has 4 heteroatoms. The summed E-state index contributed by atoms with van der Waals surface area (Å²) in [5, 5.41) is 0. The summed E-state index contributed by atoms with van der Waals surface area (Å²) in [7, 11) is 0. The number of hydrogen-bond acceptors (Lipinski definition) is 4. The molecule has 0 fully saturated rings. The molecular weight excluding hydrogens is 340 g/mol. The maximum atomic E-state index is 12.2. The van der Waals surface area contributed by atoms with Crippen LogP contribution in [0.4, 0.5) is 0 Å². The van der Waals surface area contributed by atoms with E-state index in [-0.39, 0.29) is 18.7 Å². The van der Waals surface area contributed by atoms with Gasteiger partial charge in [-0.1, -0.05) is 69.3 Å². The van der Waals surface area contributed by atoms with Crippen LogP contribution in [-0.4, -0.2) is 24.6 Å². The molecule has 2 aromatic carbocycles. The van der Waals surface area contributed by atoms with E-state index in [1.807, 2.05) is 57.2 Å². The number of benzene rings is 2. The quantitative estimate of drug-likeness (QED) is 0.492. The fourth-order valence-corrected chi connectivity index (χ4v) is 2.71. The summed E-state index contributed by atoms with van der Waals surface area (Å²) in [5.74, 6) is -0.790. The molecule has 0 spiro atoms. The van der Waals surface area contributed by atoms with Gasteiger partial charge >= 0.3 is 11.9 Å². The normalized spacial score (nSPS) is 12.6. The van der Waals surface area contributed by atoms with Crippen LogP contribution in [0.1, 0.15) is 43.1 Å². The summed E-state index contributed by atoms with van der Waals surface area (Å²) in [6, 6.07) is 18.4. The van der Waals surface area contributed by atoms with Crippen molar-refractivity contribution in [3.8, 4) is 0 Å². The molecule has 0 saturated carbocycles. The lowest BCUT2D eigenvalue weighted by molar-refractivity contribution is -0.151. The molecule has 0 aliphatic rings. The van der Waals surface area contributed by atoms with Crippen LogP contribution in [0.15, 0.2) is 66.7 Å². The van der Waals surface area contributed by atoms with Gasteiger partial charge in [0.15, 0.2) is 0 Å². The summed E-state index contributed by atoms with van der Waals surface area (Å²) in [4.78, 5) is 24.3. The highest BCUT2D eigenvalue weighted by atomic mass is 16.6. The molecule has 2 rings (SSSR count). The maximum Gasteiger partial charge on any atom is 0.338 e. The summed E-state index contributed by atoms with van der Waals surface area (Å²) in [5.41, 5.74) is 0.929. The molecule has 0 saturated heterocycles. The summed E-state index contributed by atoms with van der Waals surface area (Å²) < 4.78 is 11.0. The molecule has 4 nitrogen and oxygen atoms in total. The molecule has 0 aliphatic carbocycles. The first-order valence-electron chi connectivity index (χ1n) is 9.08. The number of carbonyl (C=O) groups is 2. The van der Waals surface area contributed by atoms with E-state index >= 15 is 0 Å². The zero-order valence-corrected chi connectivity index (χ0v) is 16.1. The molecule has 0 amide bonds. The SMILES string of the molecule is CCC(OC(=O)C=Cc1ccccc1)C(C)(C)COC(=O)c1ccccc1. The molecule has 0 N–H and O–H groups in total. The minimum absolute atomic E-state index is 0.162. The predicted molar refractivity (Wildman–Crippen MR) is 106 cm³/mol. The standard InChI is InChI=1S/C23H26O4/c1-4-20(27-21(24)16-15-18-11-7-5-8-12-18)23(2,3)17-26-22(25)19-13-9-6-10-14-19/h5-16,20H,4,17H2,1-3H3. The third-order valence-electron chi connectivity index (χ3n) is 4.30. The van der Waals surface area contributed by atoms with Crippen LogP contribution in [0.3, 0.4) is 0 Å². The van der Waals surface area contributed by atoms with Gasteiger partial charge in [0, 0.05) is 11.5 Å². The Hall–Kier alpha value is -2.88. The van der Waals surface area contributed by atoms with E-state index in [0.29, 0.717) is 12.0 Å². The first kappa shape index (κ1) is 20.4. The van der Waals surface area contributed by atoms with Crippen molar-refractivity contribution < 1.29 is 19.1 Å². The fraction of sp³-hybridized carbons (Fsp3) is 0.304. The van der Waals surface area contributed by atoms with E-state index < -0.39 is 11.4 Å². The monoisotopic (exact) mass is 366 g/mol. The van der Waals surface area contributed by atoms with E-state index in [1.54, 1.807) is 30.3 Å². The van der Waals surface area contributed by atoms with Gasteiger partial charge in [0.2, 0.25) is 0 Å². The first-order valence-corrected chi connectivity index (χ1v) is 9.08. The van der Waals surface area contributed by atoms with Gasteiger partial charge in [0.05, 0.1) is 5.56 Å². The van der Waals surface area contributed by atoms with Crippen LogP contribution in [0, 0.1) is 5.41 Å². The van der Waals surface area contributed by atoms with E-state index in [4.69, 9.17) is 9.47 Å². The van der Waals surface area contributed by atoms with Crippen molar-refractivity contribution in [2.45, 2.75) is 33.3 Å². The zero-order chi connectivity index (χ0) is 19.7. The first-order chi connectivity index (χ1) is 12.9. The molecule has 0 heterocycles. The van der Waals surface area contributed by atoms with Gasteiger partial charge < -0.3 is 9.47 Å². The van der Waals surface area contributed by atoms with Gasteiger partial charge in [-0.3, -0.25) is 0 Å². The van der Waals surface area contributed by atoms with E-state index in [1.165, 1.54) is 6.08 Å². The number of ether oxygens (including phenoxy) is 2. The summed E-state index contributed by atoms with van der Waals surface area (Å²) in [6.07, 6.45) is 3.40. The lowest BCUT2D eigenvalue weighted by atomic mass is 9.86. The van der Waals surface area contributed by atoms with Crippen molar-refractivity contribution in [1.82, 2.24) is 0 Å². The Morgan fingerprint density at radius 2 is 1.59 bits per heavy atom. The third-order valence-corrected chi connectivity index (χ3v) is 4.30. The van der Waals surface area contributed by atoms with Crippen molar-refractivity contribution in [3.05, 3.63) is 77.9 Å². The average molecular weight is 366 g/mol. The highest BCUT2D eigenvalue weighted by Crippen LogP contribution is 2.27. The molecule has 0 radical (unpaired) electrons. The lowest BCUT2D eigenvalue weighted by Crippen LogP contribution is -2.37. The Kier molecular flexibility index (Phi) is 7.35. The second-order valence-electron chi connectivity index (χ2n) is 7.01. The van der Waals surface area contributed by atoms with Crippen LogP contribution in [0.2, 0.25) is 0 Å². The molecule has 0 bridgehead atoms. The topological polar surface area (TPSA) is 52.6 Å². The Morgan fingerprint density at radius 1 is 1.00 bits per heavy atom. The highest BCUT2D eigenvalue weighted by molar-refractivity contribution is 5.89. The van der Waals surface area contributed by atoms with Gasteiger partial charge in [-0.15, -0.1) is 0 Å². The highest BCUT2D eigenvalue weighted by Gasteiger charge is 2.32. The second kappa shape index (κ2) is 9.72. The molecule has 0 aromatic heterocycles. The molecule has 27 heavy (non-hydrogen) atoms. The summed E-state index contributed by atoms with van der Waals surface area (Å²) >= 11 is 0. The molecule has 1 atom stereocenters. The van der Waals surface area contributed by atoms with Crippen LogP contribution < -0.4 is 0 Å². The number of esters is 2. The van der Waals surface area contributed by atoms with Crippen LogP contribution in [0.25, 0.3) is 6.08 Å². The minimum Gasteiger partial charge on any atom is -0.461 e. The van der Waals surface area contributed by atoms with Crippen molar-refractivity contribution >= 4 is 18.0 Å². The smallest absolute Gasteiger partial charge is 0.338 e. The van der Waals surface area contributed by atoms with Crippen molar-refractivity contribution in [3.63, 3.8) is 0 Å². The Bertz CT molecular complexity index is 763. The average Bonchev–Trinajstić information content (AvgIpc) is 2.70. The predicted octanol–water partition coefficient (Wildman–Crippen LogP) is 4.90. The van der Waals surface area contributed by atoms with Crippen molar-refractivity contribution in [2.75, 3.05) is 6.61 Å². The minimum atomic E-state index is -0.505. The van der Waals surface area contributed by atoms with Crippen LogP contribution in [0.5, 0.6) is 0 Å². The molecule has 142 valence electrons. The second-order valence-corrected chi connectivity index (χ2v) is 7.01. The van der Waals surface area contributed by atoms with Gasteiger partial charge in [-0.25, -0.2) is 9.59 Å². The number of carbonyl (C=O) groups excluding carboxylic acids is 2. The number of hydrogen-bond donors (Lipinski definition) is 0. The number of rotatable bonds is 8. The van der Waals surface area contributed by atoms with Crippen LogP contribution >= 0.6 is 0 Å². The molecular formula is C23H26O4. The maximum absolute atomic E-state index is 12.2. The largest absolute Gasteiger partial charge is 0.461 e. The van der Waals surface area contributed by atoms with Gasteiger partial charge in [-0.05, 0) is 30.2 Å².